The molecule has 5 nitrogen and oxygen atoms in total. The zero-order valence-corrected chi connectivity index (χ0v) is 7.08. The van der Waals surface area contributed by atoms with E-state index in [1.165, 1.54) is 0 Å². The molecule has 1 heterocycles. The van der Waals surface area contributed by atoms with Gasteiger partial charge >= 0.3 is 0 Å². The lowest BCUT2D eigenvalue weighted by atomic mass is 10.3. The van der Waals surface area contributed by atoms with Crippen LogP contribution in [0, 0.1) is 0 Å². The van der Waals surface area contributed by atoms with Crippen LogP contribution in [0.3, 0.4) is 0 Å². The zero-order chi connectivity index (χ0) is 8.97. The highest BCUT2D eigenvalue weighted by Crippen LogP contribution is 1.98. The molecule has 0 spiro atoms. The molecule has 0 saturated carbocycles. The van der Waals surface area contributed by atoms with Crippen LogP contribution in [0.15, 0.2) is 5.16 Å². The van der Waals surface area contributed by atoms with Crippen molar-refractivity contribution in [3.8, 4) is 0 Å². The normalized spacial score (nSPS) is 21.2. The summed E-state index contributed by atoms with van der Waals surface area (Å²) in [7, 11) is 0. The highest BCUT2D eigenvalue weighted by molar-refractivity contribution is 5.95. The Morgan fingerprint density at radius 2 is 2.50 bits per heavy atom. The van der Waals surface area contributed by atoms with E-state index in [1.807, 2.05) is 6.92 Å². The van der Waals surface area contributed by atoms with E-state index in [0.717, 1.165) is 13.0 Å². The van der Waals surface area contributed by atoms with Crippen molar-refractivity contribution < 1.29 is 10.0 Å². The van der Waals surface area contributed by atoms with E-state index in [1.54, 1.807) is 4.90 Å². The molecule has 68 valence electrons. The molecule has 0 atom stereocenters. The molecule has 5 heteroatoms. The lowest BCUT2D eigenvalue weighted by molar-refractivity contribution is -0.122. The molecule has 0 aliphatic carbocycles. The monoisotopic (exact) mass is 171 g/mol. The summed E-state index contributed by atoms with van der Waals surface area (Å²) in [5.41, 5.74) is 0. The zero-order valence-electron chi connectivity index (χ0n) is 7.08. The molecule has 0 radical (unpaired) electrons. The summed E-state index contributed by atoms with van der Waals surface area (Å²) in [4.78, 5) is 12.7. The van der Waals surface area contributed by atoms with Crippen LogP contribution in [0.4, 0.5) is 0 Å². The van der Waals surface area contributed by atoms with Crippen LogP contribution in [0.2, 0.25) is 0 Å². The summed E-state index contributed by atoms with van der Waals surface area (Å²) >= 11 is 0. The third-order valence-electron chi connectivity index (χ3n) is 1.75. The Bertz CT molecular complexity index is 203. The first-order chi connectivity index (χ1) is 5.77. The number of hydrogen-bond acceptors (Lipinski definition) is 3. The van der Waals surface area contributed by atoms with Gasteiger partial charge in [0, 0.05) is 6.54 Å². The minimum absolute atomic E-state index is 0.0177. The number of nitrogens with zero attached hydrogens (tertiary/aromatic N) is 2. The molecule has 12 heavy (non-hydrogen) atoms. The lowest BCUT2D eigenvalue weighted by Crippen LogP contribution is -2.51. The molecule has 1 rings (SSSR count). The second kappa shape index (κ2) is 3.94. The fourth-order valence-corrected chi connectivity index (χ4v) is 1.19. The Hall–Kier alpha value is -1.26. The number of rotatable bonds is 2. The average Bonchev–Trinajstić information content (AvgIpc) is 2.05. The summed E-state index contributed by atoms with van der Waals surface area (Å²) in [6.45, 7) is 3.40. The van der Waals surface area contributed by atoms with Gasteiger partial charge in [0.1, 0.15) is 0 Å². The molecule has 1 amide bonds. The maximum absolute atomic E-state index is 10.9. The standard InChI is InChI=1S/C7H13N3O2/c1-2-3-10-5-7(11)8-4-6(10)9-12/h12H,2-5H2,1H3,(H,8,11)/b9-6+. The van der Waals surface area contributed by atoms with E-state index in [9.17, 15) is 4.79 Å². The lowest BCUT2D eigenvalue weighted by Gasteiger charge is -2.28. The quantitative estimate of drug-likeness (QED) is 0.439. The van der Waals surface area contributed by atoms with Gasteiger partial charge in [0.2, 0.25) is 5.91 Å². The van der Waals surface area contributed by atoms with Crippen molar-refractivity contribution in [2.75, 3.05) is 19.6 Å². The van der Waals surface area contributed by atoms with Gasteiger partial charge in [0.05, 0.1) is 13.1 Å². The van der Waals surface area contributed by atoms with E-state index in [2.05, 4.69) is 10.5 Å². The van der Waals surface area contributed by atoms with E-state index in [4.69, 9.17) is 5.21 Å². The van der Waals surface area contributed by atoms with Crippen LogP contribution in [0.5, 0.6) is 0 Å². The third-order valence-corrected chi connectivity index (χ3v) is 1.75. The Morgan fingerprint density at radius 3 is 3.08 bits per heavy atom. The Morgan fingerprint density at radius 1 is 1.75 bits per heavy atom. The summed E-state index contributed by atoms with van der Waals surface area (Å²) in [5, 5.41) is 14.3. The summed E-state index contributed by atoms with van der Waals surface area (Å²) in [6.07, 6.45) is 0.937. The van der Waals surface area contributed by atoms with E-state index < -0.39 is 0 Å². The van der Waals surface area contributed by atoms with E-state index in [0.29, 0.717) is 18.9 Å². The number of piperazine rings is 1. The van der Waals surface area contributed by atoms with E-state index in [-0.39, 0.29) is 5.91 Å². The molecule has 0 bridgehead atoms. The first-order valence-corrected chi connectivity index (χ1v) is 4.00. The van der Waals surface area contributed by atoms with Crippen LogP contribution in [-0.4, -0.2) is 41.5 Å². The molecule has 1 saturated heterocycles. The van der Waals surface area contributed by atoms with Crippen LogP contribution in [-0.2, 0) is 4.79 Å². The second-order valence-corrected chi connectivity index (χ2v) is 2.71. The van der Waals surface area contributed by atoms with Crippen molar-refractivity contribution in [1.29, 1.82) is 0 Å². The molecule has 1 aliphatic rings. The molecule has 2 N–H and O–H groups in total. The van der Waals surface area contributed by atoms with Gasteiger partial charge in [-0.25, -0.2) is 0 Å². The predicted molar refractivity (Wildman–Crippen MR) is 44.1 cm³/mol. The number of amides is 1. The number of hydrogen-bond donors (Lipinski definition) is 2. The SMILES string of the molecule is CCCN1CC(=O)NC/C1=N\O. The number of carbonyl (C=O) groups is 1. The Labute approximate surface area is 71.0 Å². The summed E-state index contributed by atoms with van der Waals surface area (Å²) in [6, 6.07) is 0. The smallest absolute Gasteiger partial charge is 0.239 e. The molecular formula is C7H13N3O2. The predicted octanol–water partition coefficient (Wildman–Crippen LogP) is -0.384. The van der Waals surface area contributed by atoms with Crippen LogP contribution in [0.25, 0.3) is 0 Å². The maximum atomic E-state index is 10.9. The third kappa shape index (κ3) is 1.87. The number of amidine groups is 1. The minimum atomic E-state index is -0.0177. The fourth-order valence-electron chi connectivity index (χ4n) is 1.19. The van der Waals surface area contributed by atoms with Crippen molar-refractivity contribution >= 4 is 11.7 Å². The molecule has 0 unspecified atom stereocenters. The molecule has 1 fully saturated rings. The van der Waals surface area contributed by atoms with Gasteiger partial charge in [-0.2, -0.15) is 0 Å². The Balaban J connectivity index is 2.58. The largest absolute Gasteiger partial charge is 0.409 e. The van der Waals surface area contributed by atoms with Crippen LogP contribution >= 0.6 is 0 Å². The first-order valence-electron chi connectivity index (χ1n) is 4.00. The molecular weight excluding hydrogens is 158 g/mol. The van der Waals surface area contributed by atoms with Gasteiger partial charge in [-0.1, -0.05) is 12.1 Å². The van der Waals surface area contributed by atoms with Gasteiger partial charge in [-0.05, 0) is 6.42 Å². The fraction of sp³-hybridized carbons (Fsp3) is 0.714. The average molecular weight is 171 g/mol. The van der Waals surface area contributed by atoms with Crippen molar-refractivity contribution in [3.05, 3.63) is 0 Å². The minimum Gasteiger partial charge on any atom is -0.409 e. The molecule has 0 aromatic carbocycles. The van der Waals surface area contributed by atoms with Gasteiger partial charge in [-0.15, -0.1) is 0 Å². The van der Waals surface area contributed by atoms with Crippen molar-refractivity contribution in [2.45, 2.75) is 13.3 Å². The highest BCUT2D eigenvalue weighted by Gasteiger charge is 2.20. The number of carbonyl (C=O) groups excluding carboxylic acids is 1. The highest BCUT2D eigenvalue weighted by atomic mass is 16.4. The number of nitrogens with one attached hydrogen (secondary N) is 1. The Kier molecular flexibility index (Phi) is 2.90. The maximum Gasteiger partial charge on any atom is 0.239 e. The molecule has 0 aromatic heterocycles. The van der Waals surface area contributed by atoms with Crippen LogP contribution in [0.1, 0.15) is 13.3 Å². The van der Waals surface area contributed by atoms with Crippen molar-refractivity contribution in [2.24, 2.45) is 5.16 Å². The first kappa shape index (κ1) is 8.83. The topological polar surface area (TPSA) is 64.9 Å². The van der Waals surface area contributed by atoms with Crippen molar-refractivity contribution in [3.63, 3.8) is 0 Å². The van der Waals surface area contributed by atoms with Crippen LogP contribution < -0.4 is 5.32 Å². The summed E-state index contributed by atoms with van der Waals surface area (Å²) in [5.74, 6) is 0.521. The summed E-state index contributed by atoms with van der Waals surface area (Å²) < 4.78 is 0. The van der Waals surface area contributed by atoms with E-state index >= 15 is 0 Å². The number of oxime groups is 1. The van der Waals surface area contributed by atoms with Gasteiger partial charge in [0.25, 0.3) is 0 Å². The molecule has 1 aliphatic heterocycles. The van der Waals surface area contributed by atoms with Crippen molar-refractivity contribution in [1.82, 2.24) is 10.2 Å². The van der Waals surface area contributed by atoms with Gasteiger partial charge < -0.3 is 15.4 Å². The van der Waals surface area contributed by atoms with Gasteiger partial charge in [0.15, 0.2) is 5.84 Å². The molecule has 0 aromatic rings. The second-order valence-electron chi connectivity index (χ2n) is 2.71. The van der Waals surface area contributed by atoms with Gasteiger partial charge in [-0.3, -0.25) is 4.79 Å².